The van der Waals surface area contributed by atoms with Gasteiger partial charge in [0.1, 0.15) is 5.60 Å². The number of thiophene rings is 1. The molecule has 0 aromatic carbocycles. The molecule has 0 radical (unpaired) electrons. The van der Waals surface area contributed by atoms with E-state index in [0.717, 1.165) is 11.3 Å². The molecule has 1 aromatic rings. The smallest absolute Gasteiger partial charge is 0.163 e. The molecule has 1 unspecified atom stereocenters. The molecule has 1 aliphatic rings. The standard InChI is InChI=1S/C12H14O2S/c1-3-10-4-5-11(15-10)12(2)8-9(13)6-7-14-12/h4-7H,3,8H2,1-2H3. The highest BCUT2D eigenvalue weighted by molar-refractivity contribution is 7.12. The fourth-order valence-electron chi connectivity index (χ4n) is 1.69. The Morgan fingerprint density at radius 1 is 1.53 bits per heavy atom. The van der Waals surface area contributed by atoms with Gasteiger partial charge in [0.2, 0.25) is 0 Å². The summed E-state index contributed by atoms with van der Waals surface area (Å²) in [7, 11) is 0. The Kier molecular flexibility index (Phi) is 2.65. The molecule has 2 rings (SSSR count). The largest absolute Gasteiger partial charge is 0.489 e. The first kappa shape index (κ1) is 10.4. The molecule has 0 amide bonds. The van der Waals surface area contributed by atoms with Gasteiger partial charge in [0.05, 0.1) is 12.7 Å². The summed E-state index contributed by atoms with van der Waals surface area (Å²) in [4.78, 5) is 13.8. The van der Waals surface area contributed by atoms with Crippen LogP contribution < -0.4 is 0 Å². The monoisotopic (exact) mass is 222 g/mol. The van der Waals surface area contributed by atoms with E-state index in [-0.39, 0.29) is 5.78 Å². The molecule has 3 heteroatoms. The van der Waals surface area contributed by atoms with Crippen LogP contribution in [-0.2, 0) is 21.6 Å². The van der Waals surface area contributed by atoms with Crippen molar-refractivity contribution in [2.45, 2.75) is 32.3 Å². The third-order valence-corrected chi connectivity index (χ3v) is 4.10. The van der Waals surface area contributed by atoms with E-state index in [2.05, 4.69) is 19.1 Å². The molecule has 1 aromatic heterocycles. The van der Waals surface area contributed by atoms with Gasteiger partial charge in [-0.2, -0.15) is 0 Å². The number of rotatable bonds is 2. The molecule has 2 heterocycles. The molecular formula is C12H14O2S. The van der Waals surface area contributed by atoms with Gasteiger partial charge in [0.15, 0.2) is 5.78 Å². The lowest BCUT2D eigenvalue weighted by molar-refractivity contribution is -0.121. The zero-order valence-electron chi connectivity index (χ0n) is 8.95. The molecule has 1 aliphatic heterocycles. The Balaban J connectivity index is 2.29. The minimum absolute atomic E-state index is 0.134. The Morgan fingerprint density at radius 2 is 2.33 bits per heavy atom. The third-order valence-electron chi connectivity index (χ3n) is 2.62. The Hall–Kier alpha value is -1.09. The van der Waals surface area contributed by atoms with Crippen LogP contribution in [0.1, 0.15) is 30.0 Å². The van der Waals surface area contributed by atoms with Gasteiger partial charge in [-0.3, -0.25) is 4.79 Å². The highest BCUT2D eigenvalue weighted by Crippen LogP contribution is 2.36. The summed E-state index contributed by atoms with van der Waals surface area (Å²) in [6, 6.07) is 4.17. The van der Waals surface area contributed by atoms with Crippen LogP contribution in [0.4, 0.5) is 0 Å². The van der Waals surface area contributed by atoms with E-state index in [9.17, 15) is 4.79 Å². The predicted octanol–water partition coefficient (Wildman–Crippen LogP) is 3.03. The summed E-state index contributed by atoms with van der Waals surface area (Å²) in [5.74, 6) is 0.134. The number of allylic oxidation sites excluding steroid dienone is 1. The van der Waals surface area contributed by atoms with Gasteiger partial charge in [0.25, 0.3) is 0 Å². The number of aryl methyl sites for hydroxylation is 1. The van der Waals surface area contributed by atoms with Gasteiger partial charge >= 0.3 is 0 Å². The van der Waals surface area contributed by atoms with Gasteiger partial charge < -0.3 is 4.74 Å². The molecule has 0 aliphatic carbocycles. The molecule has 0 fully saturated rings. The molecule has 2 nitrogen and oxygen atoms in total. The maximum absolute atomic E-state index is 11.4. The van der Waals surface area contributed by atoms with Crippen molar-refractivity contribution in [2.75, 3.05) is 0 Å². The summed E-state index contributed by atoms with van der Waals surface area (Å²) >= 11 is 1.73. The van der Waals surface area contributed by atoms with Crippen molar-refractivity contribution >= 4 is 17.1 Å². The Bertz CT molecular complexity index is 406. The van der Waals surface area contributed by atoms with Crippen LogP contribution in [0.2, 0.25) is 0 Å². The number of ketones is 1. The van der Waals surface area contributed by atoms with E-state index in [1.165, 1.54) is 17.2 Å². The minimum atomic E-state index is -0.454. The molecule has 15 heavy (non-hydrogen) atoms. The number of hydrogen-bond acceptors (Lipinski definition) is 3. The van der Waals surface area contributed by atoms with Crippen LogP contribution in [0, 0.1) is 0 Å². The maximum Gasteiger partial charge on any atom is 0.163 e. The first-order valence-electron chi connectivity index (χ1n) is 5.10. The van der Waals surface area contributed by atoms with E-state index in [1.807, 2.05) is 6.92 Å². The average Bonchev–Trinajstić information content (AvgIpc) is 2.66. The van der Waals surface area contributed by atoms with Crippen molar-refractivity contribution < 1.29 is 9.53 Å². The predicted molar refractivity (Wildman–Crippen MR) is 60.9 cm³/mol. The zero-order chi connectivity index (χ0) is 10.9. The Labute approximate surface area is 93.6 Å². The van der Waals surface area contributed by atoms with Gasteiger partial charge in [-0.1, -0.05) is 6.92 Å². The van der Waals surface area contributed by atoms with Crippen molar-refractivity contribution in [3.8, 4) is 0 Å². The molecular weight excluding hydrogens is 208 g/mol. The highest BCUT2D eigenvalue weighted by atomic mass is 32.1. The highest BCUT2D eigenvalue weighted by Gasteiger charge is 2.33. The van der Waals surface area contributed by atoms with Crippen molar-refractivity contribution in [3.63, 3.8) is 0 Å². The van der Waals surface area contributed by atoms with Crippen molar-refractivity contribution in [2.24, 2.45) is 0 Å². The van der Waals surface area contributed by atoms with E-state index in [0.29, 0.717) is 6.42 Å². The number of ether oxygens (including phenoxy) is 1. The third kappa shape index (κ3) is 1.97. The van der Waals surface area contributed by atoms with Gasteiger partial charge in [-0.05, 0) is 25.5 Å². The molecule has 0 N–H and O–H groups in total. The second-order valence-electron chi connectivity index (χ2n) is 3.91. The molecule has 0 bridgehead atoms. The topological polar surface area (TPSA) is 26.3 Å². The van der Waals surface area contributed by atoms with Crippen LogP contribution in [0.3, 0.4) is 0 Å². The summed E-state index contributed by atoms with van der Waals surface area (Å²) in [5, 5.41) is 0. The average molecular weight is 222 g/mol. The second-order valence-corrected chi connectivity index (χ2v) is 5.08. The summed E-state index contributed by atoms with van der Waals surface area (Å²) in [5.41, 5.74) is -0.454. The Morgan fingerprint density at radius 3 is 2.93 bits per heavy atom. The first-order valence-corrected chi connectivity index (χ1v) is 5.92. The zero-order valence-corrected chi connectivity index (χ0v) is 9.76. The lowest BCUT2D eigenvalue weighted by Gasteiger charge is -2.29. The minimum Gasteiger partial charge on any atom is -0.489 e. The van der Waals surface area contributed by atoms with E-state index in [1.54, 1.807) is 11.3 Å². The van der Waals surface area contributed by atoms with Crippen molar-refractivity contribution in [1.29, 1.82) is 0 Å². The second kappa shape index (κ2) is 3.81. The molecule has 0 spiro atoms. The number of carbonyl (C=O) groups is 1. The lowest BCUT2D eigenvalue weighted by Crippen LogP contribution is -2.28. The van der Waals surface area contributed by atoms with Gasteiger partial charge in [-0.15, -0.1) is 11.3 Å². The quantitative estimate of drug-likeness (QED) is 0.768. The summed E-state index contributed by atoms with van der Waals surface area (Å²) in [6.45, 7) is 4.10. The van der Waals surface area contributed by atoms with Crippen LogP contribution in [0.5, 0.6) is 0 Å². The normalized spacial score (nSPS) is 25.3. The SMILES string of the molecule is CCc1ccc(C2(C)CC(=O)C=CO2)s1. The molecule has 80 valence electrons. The number of hydrogen-bond donors (Lipinski definition) is 0. The maximum atomic E-state index is 11.4. The first-order chi connectivity index (χ1) is 7.14. The van der Waals surface area contributed by atoms with E-state index in [4.69, 9.17) is 4.74 Å². The summed E-state index contributed by atoms with van der Waals surface area (Å²) < 4.78 is 5.59. The van der Waals surface area contributed by atoms with E-state index < -0.39 is 5.60 Å². The number of carbonyl (C=O) groups excluding carboxylic acids is 1. The lowest BCUT2D eigenvalue weighted by atomic mass is 9.95. The van der Waals surface area contributed by atoms with E-state index >= 15 is 0 Å². The molecule has 0 saturated carbocycles. The molecule has 1 atom stereocenters. The van der Waals surface area contributed by atoms with Crippen molar-refractivity contribution in [3.05, 3.63) is 34.2 Å². The van der Waals surface area contributed by atoms with Crippen LogP contribution in [0.15, 0.2) is 24.5 Å². The van der Waals surface area contributed by atoms with Crippen molar-refractivity contribution in [1.82, 2.24) is 0 Å². The summed E-state index contributed by atoms with van der Waals surface area (Å²) in [6.07, 6.45) is 4.48. The molecule has 0 saturated heterocycles. The van der Waals surface area contributed by atoms with Crippen LogP contribution >= 0.6 is 11.3 Å². The fraction of sp³-hybridized carbons (Fsp3) is 0.417. The fourth-order valence-corrected chi connectivity index (χ4v) is 2.73. The van der Waals surface area contributed by atoms with Gasteiger partial charge in [-0.25, -0.2) is 0 Å². The van der Waals surface area contributed by atoms with Crippen LogP contribution in [0.25, 0.3) is 0 Å². The van der Waals surface area contributed by atoms with Gasteiger partial charge in [0, 0.05) is 15.8 Å². The van der Waals surface area contributed by atoms with Crippen LogP contribution in [-0.4, -0.2) is 5.78 Å².